The summed E-state index contributed by atoms with van der Waals surface area (Å²) < 4.78 is 3.67. The Morgan fingerprint density at radius 3 is 1.46 bits per heavy atom. The normalized spacial score (nSPS) is 23.7. The average molecular weight is 1330 g/mol. The summed E-state index contributed by atoms with van der Waals surface area (Å²) in [6.45, 7) is 21.1. The number of H-pyrrole nitrogens is 1. The van der Waals surface area contributed by atoms with E-state index >= 15 is 0 Å². The van der Waals surface area contributed by atoms with Crippen molar-refractivity contribution in [1.29, 1.82) is 0 Å². The van der Waals surface area contributed by atoms with Gasteiger partial charge in [-0.05, 0) is 165 Å². The number of pyridine rings is 1. The first-order valence-corrected chi connectivity index (χ1v) is 35.9. The van der Waals surface area contributed by atoms with Gasteiger partial charge in [0.15, 0.2) is 17.5 Å². The summed E-state index contributed by atoms with van der Waals surface area (Å²) in [4.78, 5) is 54.6. The van der Waals surface area contributed by atoms with E-state index in [9.17, 15) is 24.6 Å². The van der Waals surface area contributed by atoms with Crippen LogP contribution in [0.3, 0.4) is 0 Å². The van der Waals surface area contributed by atoms with Crippen molar-refractivity contribution in [2.45, 2.75) is 179 Å². The maximum absolute atomic E-state index is 12.5. The second-order valence-corrected chi connectivity index (χ2v) is 29.9. The molecule has 8 heterocycles. The van der Waals surface area contributed by atoms with Gasteiger partial charge in [-0.2, -0.15) is 15.3 Å². The fourth-order valence-corrected chi connectivity index (χ4v) is 16.3. The zero-order chi connectivity index (χ0) is 67.4. The number of fused-ring (bicyclic) bond motifs is 3. The van der Waals surface area contributed by atoms with E-state index in [1.54, 1.807) is 11.3 Å². The molecule has 6 aliphatic rings. The maximum Gasteiger partial charge on any atom is 0.239 e. The number of aromatic amines is 1. The van der Waals surface area contributed by atoms with Crippen molar-refractivity contribution in [2.75, 3.05) is 74.9 Å². The van der Waals surface area contributed by atoms with Crippen molar-refractivity contribution in [3.8, 4) is 0 Å². The summed E-state index contributed by atoms with van der Waals surface area (Å²) in [6, 6.07) is 24.9. The molecule has 3 saturated carbocycles. The highest BCUT2D eigenvalue weighted by Gasteiger charge is 2.43. The Labute approximate surface area is 568 Å². The Kier molecular flexibility index (Phi) is 21.1. The van der Waals surface area contributed by atoms with Gasteiger partial charge in [0.1, 0.15) is 5.60 Å². The number of thiazole rings is 1. The van der Waals surface area contributed by atoms with E-state index in [2.05, 4.69) is 167 Å². The summed E-state index contributed by atoms with van der Waals surface area (Å²) in [5.41, 5.74) is 6.98. The van der Waals surface area contributed by atoms with E-state index in [1.807, 2.05) is 61.0 Å². The second-order valence-electron chi connectivity index (χ2n) is 28.8. The van der Waals surface area contributed by atoms with Gasteiger partial charge in [-0.3, -0.25) is 48.5 Å². The third-order valence-electron chi connectivity index (χ3n) is 21.4. The van der Waals surface area contributed by atoms with Crippen molar-refractivity contribution in [2.24, 2.45) is 25.9 Å². The van der Waals surface area contributed by atoms with E-state index in [0.717, 1.165) is 186 Å². The van der Waals surface area contributed by atoms with Gasteiger partial charge in [0, 0.05) is 111 Å². The minimum Gasteiger partial charge on any atom is -0.385 e. The molecule has 9 N–H and O–H groups in total. The summed E-state index contributed by atoms with van der Waals surface area (Å²) in [5.74, 6) is 3.96. The van der Waals surface area contributed by atoms with Gasteiger partial charge in [-0.25, -0.2) is 4.98 Å². The second kappa shape index (κ2) is 29.7. The zero-order valence-corrected chi connectivity index (χ0v) is 58.5. The summed E-state index contributed by atoms with van der Waals surface area (Å²) in [5, 5.41) is 61.8. The molecule has 0 bridgehead atoms. The SMILES string of the molecule is CCc1ncc(C2(O)CCC(N3CC(NC(=O)CNc4nn(C)c5ccc(C)cc45)C3)CC2)s1.Cc1ccc2[nH]nc(NCC(=O)NC3CN(C4CCC(C(C)C)CC4)C3)c2c1.Cc1ccc2c(c1)c(NCC(=O)NC1CN(C3CCC(O)(c4ccc(C)nc4)CC3)C1)nn2C. The minimum absolute atomic E-state index is 0.00829. The van der Waals surface area contributed by atoms with Gasteiger partial charge in [-0.15, -0.1) is 11.3 Å². The molecule has 0 unspecified atom stereocenters. The number of nitrogens with zero attached hydrogens (tertiary/aromatic N) is 10. The van der Waals surface area contributed by atoms with Crippen molar-refractivity contribution in [1.82, 2.24) is 70.4 Å². The van der Waals surface area contributed by atoms with Gasteiger partial charge in [0.2, 0.25) is 17.7 Å². The molecule has 3 amide bonds. The van der Waals surface area contributed by atoms with Gasteiger partial charge in [-0.1, -0.05) is 61.7 Å². The number of hydrogen-bond donors (Lipinski definition) is 9. The maximum atomic E-state index is 12.5. The first-order valence-electron chi connectivity index (χ1n) is 35.1. The molecular weight excluding hydrogens is 1230 g/mol. The van der Waals surface area contributed by atoms with Gasteiger partial charge in [0.25, 0.3) is 0 Å². The number of carbonyl (C=O) groups is 3. The number of aliphatic hydroxyl groups is 2. The van der Waals surface area contributed by atoms with Gasteiger partial charge < -0.3 is 42.1 Å². The molecule has 14 rings (SSSR count). The summed E-state index contributed by atoms with van der Waals surface area (Å²) in [7, 11) is 3.83. The van der Waals surface area contributed by atoms with E-state index in [0.29, 0.717) is 12.1 Å². The number of rotatable bonds is 19. The predicted octanol–water partition coefficient (Wildman–Crippen LogP) is 8.87. The highest BCUT2D eigenvalue weighted by atomic mass is 32.1. The van der Waals surface area contributed by atoms with Gasteiger partial charge in [0.05, 0.1) is 69.8 Å². The molecular formula is C73H101N17O5S. The van der Waals surface area contributed by atoms with Crippen LogP contribution in [-0.4, -0.2) is 178 Å². The van der Waals surface area contributed by atoms with Gasteiger partial charge >= 0.3 is 0 Å². The Morgan fingerprint density at radius 2 is 1.01 bits per heavy atom. The lowest BCUT2D eigenvalue weighted by molar-refractivity contribution is -0.122. The van der Waals surface area contributed by atoms with Crippen LogP contribution in [0.15, 0.2) is 79.1 Å². The number of carbonyl (C=O) groups excluding carboxylic acids is 3. The van der Waals surface area contributed by atoms with E-state index in [4.69, 9.17) is 0 Å². The molecule has 514 valence electrons. The summed E-state index contributed by atoms with van der Waals surface area (Å²) in [6.07, 6.45) is 16.9. The number of hydrogen-bond acceptors (Lipinski definition) is 17. The number of aryl methyl sites for hydroxylation is 7. The molecule has 3 saturated heterocycles. The molecule has 5 aromatic heterocycles. The lowest BCUT2D eigenvalue weighted by Gasteiger charge is -2.48. The largest absolute Gasteiger partial charge is 0.385 e. The van der Waals surface area contributed by atoms with Crippen LogP contribution in [0.2, 0.25) is 0 Å². The summed E-state index contributed by atoms with van der Waals surface area (Å²) >= 11 is 1.65. The quantitative estimate of drug-likeness (QED) is 0.0366. The van der Waals surface area contributed by atoms with Crippen LogP contribution in [0, 0.1) is 39.5 Å². The molecule has 23 heteroatoms. The molecule has 96 heavy (non-hydrogen) atoms. The van der Waals surface area contributed by atoms with Crippen LogP contribution >= 0.6 is 11.3 Å². The van der Waals surface area contributed by atoms with Crippen molar-refractivity contribution in [3.05, 3.63) is 117 Å². The van der Waals surface area contributed by atoms with E-state index in [1.165, 1.54) is 42.4 Å². The molecule has 22 nitrogen and oxygen atoms in total. The molecule has 3 aliphatic heterocycles. The first kappa shape index (κ1) is 68.4. The van der Waals surface area contributed by atoms with Crippen LogP contribution in [0.5, 0.6) is 0 Å². The van der Waals surface area contributed by atoms with Crippen LogP contribution < -0.4 is 31.9 Å². The number of benzene rings is 3. The third kappa shape index (κ3) is 16.0. The van der Waals surface area contributed by atoms with Crippen molar-refractivity contribution in [3.63, 3.8) is 0 Å². The minimum atomic E-state index is -0.768. The Morgan fingerprint density at radius 1 is 0.562 bits per heavy atom. The number of aromatic nitrogens is 8. The van der Waals surface area contributed by atoms with Crippen LogP contribution in [-0.2, 0) is 46.1 Å². The lowest BCUT2D eigenvalue weighted by Crippen LogP contribution is -2.63. The van der Waals surface area contributed by atoms with Crippen molar-refractivity contribution >= 4 is 79.2 Å². The smallest absolute Gasteiger partial charge is 0.239 e. The monoisotopic (exact) mass is 1330 g/mol. The Bertz CT molecular complexity index is 3970. The molecule has 6 fully saturated rings. The average Bonchev–Trinajstić information content (AvgIpc) is 1.04. The van der Waals surface area contributed by atoms with Crippen LogP contribution in [0.1, 0.15) is 136 Å². The number of nitrogens with one attached hydrogen (secondary N) is 7. The third-order valence-corrected chi connectivity index (χ3v) is 22.7. The number of anilines is 3. The number of amides is 3. The van der Waals surface area contributed by atoms with E-state index < -0.39 is 11.2 Å². The molecule has 8 aromatic rings. The highest BCUT2D eigenvalue weighted by Crippen LogP contribution is 2.43. The molecule has 3 aliphatic carbocycles. The van der Waals surface area contributed by atoms with Crippen molar-refractivity contribution < 1.29 is 24.6 Å². The number of likely N-dealkylation sites (tertiary alicyclic amines) is 3. The Balaban J connectivity index is 0.000000138. The molecule has 0 atom stereocenters. The topological polar surface area (TPSA) is 264 Å². The standard InChI is InChI=1S/C26H34N6O2.C25H34N6O2S.C22H33N5O/c1-17-4-7-23-22(12-17)25(30-31(23)3)28-14-24(33)29-20-15-32(16-20)21-8-10-26(34,11-9-21)19-6-5-18(2)27-13-19;1-4-23-26-12-21(34-23)25(33)9-7-18(8-10-25)31-14-17(15-31)28-22(32)13-27-24-19-11-16(2)5-6-20(19)30(3)29-24;1-14(2)16-5-7-18(8-6-16)27-12-17(13-27)24-21(28)11-23-22-19-10-15(3)4-9-20(19)25-26-22/h4-7,12-13,20-21,34H,8-11,14-16H2,1-3H3,(H,28,30)(H,29,33);5-6,11-12,17-18,33H,4,7-10,13-15H2,1-3H3,(H,27,29)(H,28,32);4,9-10,14,16-18H,5-8,11-13H2,1-3H3,(H,24,28)(H2,23,25,26). The zero-order valence-electron chi connectivity index (χ0n) is 57.7. The molecule has 0 radical (unpaired) electrons. The van der Waals surface area contributed by atoms with Crippen LogP contribution in [0.25, 0.3) is 32.7 Å². The highest BCUT2D eigenvalue weighted by molar-refractivity contribution is 7.11. The molecule has 3 aromatic carbocycles. The van der Waals surface area contributed by atoms with E-state index in [-0.39, 0.29) is 55.5 Å². The first-order chi connectivity index (χ1) is 46.1. The fourth-order valence-electron chi connectivity index (χ4n) is 15.3. The van der Waals surface area contributed by atoms with Crippen LogP contribution in [0.4, 0.5) is 17.5 Å². The fraction of sp³-hybridized carbons (Fsp3) is 0.562. The predicted molar refractivity (Wildman–Crippen MR) is 381 cm³/mol. The Hall–Kier alpha value is -7.54. The molecule has 0 spiro atoms. The lowest BCUT2D eigenvalue weighted by atomic mass is 9.77.